The van der Waals surface area contributed by atoms with Gasteiger partial charge >= 0.3 is 0 Å². The number of hydrogen-bond acceptors (Lipinski definition) is 3. The zero-order valence-corrected chi connectivity index (χ0v) is 10.7. The van der Waals surface area contributed by atoms with Crippen molar-refractivity contribution in [2.45, 2.75) is 0 Å². The van der Waals surface area contributed by atoms with Gasteiger partial charge in [0.25, 0.3) is 11.8 Å². The molecule has 1 aliphatic heterocycles. The Kier molecular flexibility index (Phi) is 2.48. The van der Waals surface area contributed by atoms with Gasteiger partial charge in [-0.2, -0.15) is 0 Å². The predicted molar refractivity (Wildman–Crippen MR) is 69.5 cm³/mol. The normalized spacial score (nSPS) is 13.9. The lowest BCUT2D eigenvalue weighted by Gasteiger charge is -2.12. The van der Waals surface area contributed by atoms with E-state index >= 15 is 0 Å². The topological polar surface area (TPSA) is 50.3 Å². The monoisotopic (exact) mass is 302 g/mol. The van der Waals surface area contributed by atoms with Crippen molar-refractivity contribution in [1.82, 2.24) is 4.98 Å². The quantitative estimate of drug-likeness (QED) is 0.761. The van der Waals surface area contributed by atoms with Gasteiger partial charge in [-0.25, -0.2) is 9.88 Å². The number of nitrogens with zero attached hydrogens (tertiary/aromatic N) is 2. The summed E-state index contributed by atoms with van der Waals surface area (Å²) in [6.45, 7) is 0. The minimum atomic E-state index is -0.328. The fourth-order valence-corrected chi connectivity index (χ4v) is 2.13. The van der Waals surface area contributed by atoms with Gasteiger partial charge in [-0.15, -0.1) is 0 Å². The Bertz CT molecular complexity index is 617. The SMILES string of the molecule is O=C1c2ccccc2C(=O)N1c1ccc(Br)cn1. The molecule has 2 amide bonds. The second-order valence-electron chi connectivity index (χ2n) is 3.83. The van der Waals surface area contributed by atoms with Crippen molar-refractivity contribution in [3.63, 3.8) is 0 Å². The molecular formula is C13H7BrN2O2. The van der Waals surface area contributed by atoms with Gasteiger partial charge in [-0.05, 0) is 40.2 Å². The average Bonchev–Trinajstić information content (AvgIpc) is 2.64. The molecule has 1 aromatic carbocycles. The van der Waals surface area contributed by atoms with E-state index in [2.05, 4.69) is 20.9 Å². The average molecular weight is 303 g/mol. The summed E-state index contributed by atoms with van der Waals surface area (Å²) in [4.78, 5) is 29.5. The molecular weight excluding hydrogens is 296 g/mol. The van der Waals surface area contributed by atoms with Crippen LogP contribution in [0.5, 0.6) is 0 Å². The van der Waals surface area contributed by atoms with E-state index in [1.54, 1.807) is 42.6 Å². The number of benzene rings is 1. The molecule has 2 aromatic rings. The first-order valence-electron chi connectivity index (χ1n) is 5.28. The fourth-order valence-electron chi connectivity index (χ4n) is 1.90. The molecule has 4 nitrogen and oxygen atoms in total. The summed E-state index contributed by atoms with van der Waals surface area (Å²) < 4.78 is 0.794. The Morgan fingerprint density at radius 3 is 2.06 bits per heavy atom. The van der Waals surface area contributed by atoms with Crippen molar-refractivity contribution in [3.05, 3.63) is 58.2 Å². The molecule has 0 unspecified atom stereocenters. The van der Waals surface area contributed by atoms with Crippen LogP contribution in [0.3, 0.4) is 0 Å². The van der Waals surface area contributed by atoms with Crippen LogP contribution in [0.2, 0.25) is 0 Å². The fraction of sp³-hybridized carbons (Fsp3) is 0. The van der Waals surface area contributed by atoms with E-state index in [9.17, 15) is 9.59 Å². The van der Waals surface area contributed by atoms with Gasteiger partial charge in [0.15, 0.2) is 0 Å². The number of anilines is 1. The van der Waals surface area contributed by atoms with Crippen LogP contribution in [-0.2, 0) is 0 Å². The lowest BCUT2D eigenvalue weighted by molar-refractivity contribution is 0.0925. The third-order valence-corrected chi connectivity index (χ3v) is 3.20. The highest BCUT2D eigenvalue weighted by Gasteiger charge is 2.36. The van der Waals surface area contributed by atoms with Crippen LogP contribution in [0, 0.1) is 0 Å². The van der Waals surface area contributed by atoms with E-state index in [0.717, 1.165) is 9.37 Å². The van der Waals surface area contributed by atoms with Crippen LogP contribution in [0.4, 0.5) is 5.82 Å². The molecule has 0 bridgehead atoms. The molecule has 18 heavy (non-hydrogen) atoms. The van der Waals surface area contributed by atoms with E-state index in [1.165, 1.54) is 0 Å². The van der Waals surface area contributed by atoms with Gasteiger partial charge < -0.3 is 0 Å². The van der Waals surface area contributed by atoms with Gasteiger partial charge in [-0.3, -0.25) is 9.59 Å². The third-order valence-electron chi connectivity index (χ3n) is 2.73. The third kappa shape index (κ3) is 1.55. The number of pyridine rings is 1. The van der Waals surface area contributed by atoms with Crippen molar-refractivity contribution in [2.75, 3.05) is 4.90 Å². The summed E-state index contributed by atoms with van der Waals surface area (Å²) in [5.41, 5.74) is 0.847. The molecule has 0 aliphatic carbocycles. The van der Waals surface area contributed by atoms with Gasteiger partial charge in [0.1, 0.15) is 5.82 Å². The Balaban J connectivity index is 2.09. The molecule has 1 aromatic heterocycles. The number of halogens is 1. The highest BCUT2D eigenvalue weighted by molar-refractivity contribution is 9.10. The number of carbonyl (C=O) groups excluding carboxylic acids is 2. The molecule has 0 saturated heterocycles. The van der Waals surface area contributed by atoms with Crippen molar-refractivity contribution in [1.29, 1.82) is 0 Å². The minimum absolute atomic E-state index is 0.328. The highest BCUT2D eigenvalue weighted by Crippen LogP contribution is 2.27. The Labute approximate surface area is 111 Å². The summed E-state index contributed by atoms with van der Waals surface area (Å²) in [7, 11) is 0. The zero-order valence-electron chi connectivity index (χ0n) is 9.13. The van der Waals surface area contributed by atoms with E-state index in [1.807, 2.05) is 0 Å². The summed E-state index contributed by atoms with van der Waals surface area (Å²) in [5, 5.41) is 0. The van der Waals surface area contributed by atoms with Crippen LogP contribution < -0.4 is 4.90 Å². The molecule has 1 aliphatic rings. The number of aromatic nitrogens is 1. The van der Waals surface area contributed by atoms with Crippen LogP contribution in [0.1, 0.15) is 20.7 Å². The van der Waals surface area contributed by atoms with Gasteiger partial charge in [0, 0.05) is 10.7 Å². The molecule has 0 saturated carbocycles. The highest BCUT2D eigenvalue weighted by atomic mass is 79.9. The predicted octanol–water partition coefficient (Wildman–Crippen LogP) is 2.64. The zero-order chi connectivity index (χ0) is 12.7. The molecule has 0 spiro atoms. The smallest absolute Gasteiger partial charge is 0.267 e. The summed E-state index contributed by atoms with van der Waals surface area (Å²) in [5.74, 6) is -0.319. The maximum absolute atomic E-state index is 12.1. The van der Waals surface area contributed by atoms with Crippen molar-refractivity contribution in [3.8, 4) is 0 Å². The number of hydrogen-bond donors (Lipinski definition) is 0. The first kappa shape index (κ1) is 11.1. The van der Waals surface area contributed by atoms with Crippen LogP contribution in [0.15, 0.2) is 47.1 Å². The molecule has 3 rings (SSSR count). The van der Waals surface area contributed by atoms with Crippen LogP contribution in [-0.4, -0.2) is 16.8 Å². The molecule has 0 atom stereocenters. The number of rotatable bonds is 1. The summed E-state index contributed by atoms with van der Waals surface area (Å²) >= 11 is 3.26. The second-order valence-corrected chi connectivity index (χ2v) is 4.74. The molecule has 0 fully saturated rings. The second kappa shape index (κ2) is 4.03. The molecule has 5 heteroatoms. The number of amides is 2. The minimum Gasteiger partial charge on any atom is -0.268 e. The number of fused-ring (bicyclic) bond motifs is 1. The Morgan fingerprint density at radius 2 is 1.56 bits per heavy atom. The maximum atomic E-state index is 12.1. The first-order valence-corrected chi connectivity index (χ1v) is 6.07. The molecule has 88 valence electrons. The van der Waals surface area contributed by atoms with Gasteiger partial charge in [0.2, 0.25) is 0 Å². The molecule has 0 radical (unpaired) electrons. The Morgan fingerprint density at radius 1 is 0.944 bits per heavy atom. The van der Waals surface area contributed by atoms with E-state index in [4.69, 9.17) is 0 Å². The molecule has 2 heterocycles. The van der Waals surface area contributed by atoms with Crippen molar-refractivity contribution >= 4 is 33.6 Å². The van der Waals surface area contributed by atoms with Crippen LogP contribution >= 0.6 is 15.9 Å². The Hall–Kier alpha value is -2.01. The number of imide groups is 1. The van der Waals surface area contributed by atoms with Gasteiger partial charge in [0.05, 0.1) is 11.1 Å². The summed E-state index contributed by atoms with van der Waals surface area (Å²) in [6.07, 6.45) is 1.55. The van der Waals surface area contributed by atoms with Crippen molar-refractivity contribution in [2.24, 2.45) is 0 Å². The standard InChI is InChI=1S/C13H7BrN2O2/c14-8-5-6-11(15-7-8)16-12(17)9-3-1-2-4-10(9)13(16)18/h1-7H. The maximum Gasteiger partial charge on any atom is 0.267 e. The first-order chi connectivity index (χ1) is 8.68. The van der Waals surface area contributed by atoms with Gasteiger partial charge in [-0.1, -0.05) is 12.1 Å². The summed E-state index contributed by atoms with van der Waals surface area (Å²) in [6, 6.07) is 10.1. The number of carbonyl (C=O) groups is 2. The van der Waals surface area contributed by atoms with Crippen molar-refractivity contribution < 1.29 is 9.59 Å². The lowest BCUT2D eigenvalue weighted by Crippen LogP contribution is -2.30. The largest absolute Gasteiger partial charge is 0.268 e. The van der Waals surface area contributed by atoms with E-state index in [0.29, 0.717) is 16.9 Å². The van der Waals surface area contributed by atoms with E-state index in [-0.39, 0.29) is 11.8 Å². The molecule has 0 N–H and O–H groups in total. The van der Waals surface area contributed by atoms with Crippen LogP contribution in [0.25, 0.3) is 0 Å². The van der Waals surface area contributed by atoms with E-state index < -0.39 is 0 Å². The lowest BCUT2D eigenvalue weighted by atomic mass is 10.1.